The summed E-state index contributed by atoms with van der Waals surface area (Å²) in [4.78, 5) is 0. The Hall–Kier alpha value is -1.22. The zero-order chi connectivity index (χ0) is 12.5. The highest BCUT2D eigenvalue weighted by Crippen LogP contribution is 2.46. The van der Waals surface area contributed by atoms with Crippen LogP contribution in [0.15, 0.2) is 18.2 Å². The molecule has 0 heterocycles. The molecule has 2 N–H and O–H groups in total. The molecule has 0 bridgehead atoms. The second-order valence-corrected chi connectivity index (χ2v) is 4.91. The highest BCUT2D eigenvalue weighted by Gasteiger charge is 2.41. The summed E-state index contributed by atoms with van der Waals surface area (Å²) in [6, 6.07) is 5.99. The molecule has 2 rings (SSSR count). The largest absolute Gasteiger partial charge is 0.493 e. The maximum absolute atomic E-state index is 6.41. The van der Waals surface area contributed by atoms with Gasteiger partial charge in [-0.05, 0) is 36.5 Å². The minimum atomic E-state index is -0.166. The van der Waals surface area contributed by atoms with E-state index in [9.17, 15) is 0 Å². The van der Waals surface area contributed by atoms with E-state index in [4.69, 9.17) is 15.2 Å². The first-order chi connectivity index (χ1) is 8.12. The van der Waals surface area contributed by atoms with Crippen LogP contribution >= 0.6 is 0 Å². The second-order valence-electron chi connectivity index (χ2n) is 4.91. The lowest BCUT2D eigenvalue weighted by Crippen LogP contribution is -2.48. The zero-order valence-electron chi connectivity index (χ0n) is 10.8. The van der Waals surface area contributed by atoms with Crippen molar-refractivity contribution in [3.05, 3.63) is 23.8 Å². The molecule has 0 unspecified atom stereocenters. The lowest BCUT2D eigenvalue weighted by molar-refractivity contribution is 0.143. The Morgan fingerprint density at radius 2 is 1.88 bits per heavy atom. The van der Waals surface area contributed by atoms with Gasteiger partial charge in [0.2, 0.25) is 0 Å². The SMILES string of the molecule is CCC1CC(N)(c2ccc(OC)c(OC)c2)C1. The Balaban J connectivity index is 2.23. The van der Waals surface area contributed by atoms with Gasteiger partial charge < -0.3 is 15.2 Å². The third kappa shape index (κ3) is 2.12. The van der Waals surface area contributed by atoms with Crippen molar-refractivity contribution in [3.63, 3.8) is 0 Å². The van der Waals surface area contributed by atoms with Crippen LogP contribution in [-0.2, 0) is 5.54 Å². The fourth-order valence-corrected chi connectivity index (χ4v) is 2.64. The van der Waals surface area contributed by atoms with Gasteiger partial charge in [0.05, 0.1) is 14.2 Å². The molecule has 1 saturated carbocycles. The fraction of sp³-hybridized carbons (Fsp3) is 0.571. The van der Waals surface area contributed by atoms with Crippen LogP contribution < -0.4 is 15.2 Å². The van der Waals surface area contributed by atoms with Crippen molar-refractivity contribution in [2.45, 2.75) is 31.7 Å². The molecule has 0 aromatic heterocycles. The van der Waals surface area contributed by atoms with E-state index in [1.54, 1.807) is 14.2 Å². The van der Waals surface area contributed by atoms with Gasteiger partial charge in [0.25, 0.3) is 0 Å². The predicted molar refractivity (Wildman–Crippen MR) is 68.4 cm³/mol. The van der Waals surface area contributed by atoms with E-state index >= 15 is 0 Å². The zero-order valence-corrected chi connectivity index (χ0v) is 10.8. The molecular weight excluding hydrogens is 214 g/mol. The van der Waals surface area contributed by atoms with E-state index < -0.39 is 0 Å². The molecule has 1 aliphatic carbocycles. The first-order valence-electron chi connectivity index (χ1n) is 6.14. The van der Waals surface area contributed by atoms with Crippen LogP contribution in [0.25, 0.3) is 0 Å². The molecular formula is C14H21NO2. The van der Waals surface area contributed by atoms with Crippen LogP contribution in [0.3, 0.4) is 0 Å². The third-order valence-electron chi connectivity index (χ3n) is 3.84. The minimum absolute atomic E-state index is 0.166. The summed E-state index contributed by atoms with van der Waals surface area (Å²) < 4.78 is 10.5. The van der Waals surface area contributed by atoms with Gasteiger partial charge in [0.1, 0.15) is 0 Å². The lowest BCUT2D eigenvalue weighted by Gasteiger charge is -2.45. The van der Waals surface area contributed by atoms with Crippen LogP contribution in [-0.4, -0.2) is 14.2 Å². The summed E-state index contributed by atoms with van der Waals surface area (Å²) >= 11 is 0. The molecule has 1 aromatic carbocycles. The van der Waals surface area contributed by atoms with Crippen molar-refractivity contribution in [2.75, 3.05) is 14.2 Å². The Labute approximate surface area is 103 Å². The van der Waals surface area contributed by atoms with Gasteiger partial charge in [-0.25, -0.2) is 0 Å². The fourth-order valence-electron chi connectivity index (χ4n) is 2.64. The molecule has 17 heavy (non-hydrogen) atoms. The quantitative estimate of drug-likeness (QED) is 0.872. The van der Waals surface area contributed by atoms with Crippen LogP contribution in [0.4, 0.5) is 0 Å². The number of hydrogen-bond donors (Lipinski definition) is 1. The van der Waals surface area contributed by atoms with Crippen LogP contribution in [0.2, 0.25) is 0 Å². The first kappa shape index (κ1) is 12.2. The van der Waals surface area contributed by atoms with Gasteiger partial charge in [-0.3, -0.25) is 0 Å². The van der Waals surface area contributed by atoms with Crippen LogP contribution in [0.1, 0.15) is 31.7 Å². The van der Waals surface area contributed by atoms with Crippen molar-refractivity contribution in [1.29, 1.82) is 0 Å². The molecule has 1 fully saturated rings. The molecule has 94 valence electrons. The standard InChI is InChI=1S/C14H21NO2/c1-4-10-8-14(15,9-10)11-5-6-12(16-2)13(7-11)17-3/h5-7,10H,4,8-9,15H2,1-3H3. The van der Waals surface area contributed by atoms with E-state index in [1.807, 2.05) is 18.2 Å². The summed E-state index contributed by atoms with van der Waals surface area (Å²) in [5, 5.41) is 0. The van der Waals surface area contributed by atoms with E-state index in [0.717, 1.165) is 35.8 Å². The summed E-state index contributed by atoms with van der Waals surface area (Å²) in [5.41, 5.74) is 7.40. The van der Waals surface area contributed by atoms with E-state index in [1.165, 1.54) is 6.42 Å². The maximum Gasteiger partial charge on any atom is 0.161 e. The summed E-state index contributed by atoms with van der Waals surface area (Å²) in [7, 11) is 3.30. The Bertz CT molecular complexity index is 397. The smallest absolute Gasteiger partial charge is 0.161 e. The normalized spacial score (nSPS) is 27.4. The summed E-state index contributed by atoms with van der Waals surface area (Å²) in [6.45, 7) is 2.22. The van der Waals surface area contributed by atoms with Crippen molar-refractivity contribution in [1.82, 2.24) is 0 Å². The average molecular weight is 235 g/mol. The number of hydrogen-bond acceptors (Lipinski definition) is 3. The van der Waals surface area contributed by atoms with Gasteiger partial charge in [-0.15, -0.1) is 0 Å². The minimum Gasteiger partial charge on any atom is -0.493 e. The monoisotopic (exact) mass is 235 g/mol. The molecule has 0 saturated heterocycles. The van der Waals surface area contributed by atoms with Gasteiger partial charge in [0, 0.05) is 5.54 Å². The highest BCUT2D eigenvalue weighted by atomic mass is 16.5. The molecule has 0 radical (unpaired) electrons. The Morgan fingerprint density at radius 3 is 2.41 bits per heavy atom. The first-order valence-corrected chi connectivity index (χ1v) is 6.14. The van der Waals surface area contributed by atoms with Crippen molar-refractivity contribution < 1.29 is 9.47 Å². The van der Waals surface area contributed by atoms with Gasteiger partial charge >= 0.3 is 0 Å². The molecule has 0 aliphatic heterocycles. The van der Waals surface area contributed by atoms with E-state index in [0.29, 0.717) is 0 Å². The van der Waals surface area contributed by atoms with Gasteiger partial charge in [0.15, 0.2) is 11.5 Å². The number of methoxy groups -OCH3 is 2. The second kappa shape index (κ2) is 4.57. The number of benzene rings is 1. The maximum atomic E-state index is 6.41. The Kier molecular flexibility index (Phi) is 3.29. The molecule has 0 spiro atoms. The third-order valence-corrected chi connectivity index (χ3v) is 3.84. The predicted octanol–water partition coefficient (Wildman–Crippen LogP) is 2.68. The average Bonchev–Trinajstić information content (AvgIpc) is 2.33. The highest BCUT2D eigenvalue weighted by molar-refractivity contribution is 5.45. The molecule has 1 aromatic rings. The van der Waals surface area contributed by atoms with Crippen LogP contribution in [0, 0.1) is 5.92 Å². The lowest BCUT2D eigenvalue weighted by atomic mass is 9.64. The topological polar surface area (TPSA) is 44.5 Å². The molecule has 1 aliphatic rings. The molecule has 3 nitrogen and oxygen atoms in total. The summed E-state index contributed by atoms with van der Waals surface area (Å²) in [5.74, 6) is 2.29. The van der Waals surface area contributed by atoms with E-state index in [2.05, 4.69) is 6.92 Å². The Morgan fingerprint density at radius 1 is 1.24 bits per heavy atom. The summed E-state index contributed by atoms with van der Waals surface area (Å²) in [6.07, 6.45) is 3.35. The molecule has 0 amide bonds. The molecule has 0 atom stereocenters. The van der Waals surface area contributed by atoms with Gasteiger partial charge in [-0.2, -0.15) is 0 Å². The van der Waals surface area contributed by atoms with Crippen LogP contribution in [0.5, 0.6) is 11.5 Å². The van der Waals surface area contributed by atoms with Crippen molar-refractivity contribution in [2.24, 2.45) is 11.7 Å². The number of nitrogens with two attached hydrogens (primary N) is 1. The molecule has 3 heteroatoms. The van der Waals surface area contributed by atoms with Crippen molar-refractivity contribution in [3.8, 4) is 11.5 Å². The van der Waals surface area contributed by atoms with E-state index in [-0.39, 0.29) is 5.54 Å². The number of rotatable bonds is 4. The van der Waals surface area contributed by atoms with Gasteiger partial charge in [-0.1, -0.05) is 19.4 Å². The number of ether oxygens (including phenoxy) is 2. The van der Waals surface area contributed by atoms with Crippen molar-refractivity contribution >= 4 is 0 Å².